The summed E-state index contributed by atoms with van der Waals surface area (Å²) in [6.45, 7) is 2.03. The molecule has 1 saturated carbocycles. The van der Waals surface area contributed by atoms with Gasteiger partial charge in [0, 0.05) is 25.2 Å². The lowest BCUT2D eigenvalue weighted by molar-refractivity contribution is 0.637. The molecule has 0 bridgehead atoms. The fourth-order valence-corrected chi connectivity index (χ4v) is 2.60. The van der Waals surface area contributed by atoms with Crippen molar-refractivity contribution in [3.05, 3.63) is 22.7 Å². The minimum absolute atomic E-state index is 0.888. The van der Waals surface area contributed by atoms with Gasteiger partial charge in [-0.2, -0.15) is 5.10 Å². The number of hydrogen-bond donors (Lipinski definition) is 1. The summed E-state index contributed by atoms with van der Waals surface area (Å²) in [5, 5.41) is 10.9. The lowest BCUT2D eigenvalue weighted by Gasteiger charge is -1.99. The molecule has 0 aromatic carbocycles. The zero-order valence-corrected chi connectivity index (χ0v) is 10.7. The summed E-state index contributed by atoms with van der Waals surface area (Å²) in [4.78, 5) is 4.63. The zero-order valence-electron chi connectivity index (χ0n) is 9.89. The van der Waals surface area contributed by atoms with Crippen LogP contribution >= 0.6 is 11.3 Å². The fourth-order valence-electron chi connectivity index (χ4n) is 1.84. The van der Waals surface area contributed by atoms with Crippen molar-refractivity contribution < 1.29 is 0 Å². The van der Waals surface area contributed by atoms with Crippen LogP contribution < -0.4 is 5.32 Å². The lowest BCUT2D eigenvalue weighted by atomic mass is 10.3. The van der Waals surface area contributed by atoms with Gasteiger partial charge < -0.3 is 5.32 Å². The first-order valence-electron chi connectivity index (χ1n) is 5.96. The van der Waals surface area contributed by atoms with Gasteiger partial charge >= 0.3 is 0 Å². The maximum atomic E-state index is 4.63. The number of rotatable bonds is 5. The zero-order chi connectivity index (χ0) is 11.7. The average Bonchev–Trinajstić information content (AvgIpc) is 2.85. The van der Waals surface area contributed by atoms with Crippen LogP contribution in [0, 0.1) is 5.92 Å². The molecule has 2 aromatic rings. The Morgan fingerprint density at radius 2 is 2.41 bits per heavy atom. The number of aryl methyl sites for hydroxylation is 1. The summed E-state index contributed by atoms with van der Waals surface area (Å²) >= 11 is 1.71. The van der Waals surface area contributed by atoms with Crippen LogP contribution in [-0.2, 0) is 13.6 Å². The van der Waals surface area contributed by atoms with Crippen molar-refractivity contribution >= 4 is 11.3 Å². The molecule has 2 heterocycles. The van der Waals surface area contributed by atoms with Crippen molar-refractivity contribution in [2.75, 3.05) is 6.54 Å². The smallest absolute Gasteiger partial charge is 0.107 e. The highest BCUT2D eigenvalue weighted by Crippen LogP contribution is 2.27. The van der Waals surface area contributed by atoms with Crippen molar-refractivity contribution in [2.45, 2.75) is 19.4 Å². The number of nitrogens with one attached hydrogen (secondary N) is 1. The predicted molar refractivity (Wildman–Crippen MR) is 68.7 cm³/mol. The molecule has 1 aliphatic rings. The molecule has 5 heteroatoms. The van der Waals surface area contributed by atoms with E-state index in [2.05, 4.69) is 20.8 Å². The molecule has 4 nitrogen and oxygen atoms in total. The van der Waals surface area contributed by atoms with Crippen LogP contribution in [0.2, 0.25) is 0 Å². The third-order valence-electron chi connectivity index (χ3n) is 3.04. The fraction of sp³-hybridized carbons (Fsp3) is 0.500. The minimum Gasteiger partial charge on any atom is -0.310 e. The van der Waals surface area contributed by atoms with E-state index < -0.39 is 0 Å². The van der Waals surface area contributed by atoms with Crippen LogP contribution in [0.5, 0.6) is 0 Å². The molecule has 0 unspecified atom stereocenters. The molecule has 1 fully saturated rings. The Labute approximate surface area is 105 Å². The van der Waals surface area contributed by atoms with Gasteiger partial charge in [-0.25, -0.2) is 4.98 Å². The summed E-state index contributed by atoms with van der Waals surface area (Å²) in [7, 11) is 1.94. The Morgan fingerprint density at radius 1 is 1.53 bits per heavy atom. The molecular formula is C12H16N4S. The summed E-state index contributed by atoms with van der Waals surface area (Å²) in [5.41, 5.74) is 2.10. The first-order valence-corrected chi connectivity index (χ1v) is 6.84. The molecule has 0 radical (unpaired) electrons. The van der Waals surface area contributed by atoms with Gasteiger partial charge in [-0.05, 0) is 31.4 Å². The quantitative estimate of drug-likeness (QED) is 0.880. The van der Waals surface area contributed by atoms with Crippen LogP contribution in [0.25, 0.3) is 11.4 Å². The molecule has 17 heavy (non-hydrogen) atoms. The molecule has 0 saturated heterocycles. The van der Waals surface area contributed by atoms with E-state index in [4.69, 9.17) is 0 Å². The molecule has 2 aromatic heterocycles. The number of thiazole rings is 1. The van der Waals surface area contributed by atoms with Gasteiger partial charge in [0.25, 0.3) is 0 Å². The molecule has 1 N–H and O–H groups in total. The van der Waals surface area contributed by atoms with Crippen LogP contribution in [0.1, 0.15) is 17.8 Å². The van der Waals surface area contributed by atoms with Crippen LogP contribution in [0.3, 0.4) is 0 Å². The largest absolute Gasteiger partial charge is 0.310 e. The topological polar surface area (TPSA) is 42.7 Å². The predicted octanol–water partition coefficient (Wildman–Crippen LogP) is 2.04. The molecule has 0 amide bonds. The summed E-state index contributed by atoms with van der Waals surface area (Å²) in [5.74, 6) is 0.923. The first kappa shape index (κ1) is 10.9. The second-order valence-electron chi connectivity index (χ2n) is 4.54. The second kappa shape index (κ2) is 4.58. The minimum atomic E-state index is 0.888. The summed E-state index contributed by atoms with van der Waals surface area (Å²) in [6.07, 6.45) is 4.59. The monoisotopic (exact) mass is 248 g/mol. The van der Waals surface area contributed by atoms with E-state index in [0.29, 0.717) is 0 Å². The van der Waals surface area contributed by atoms with Crippen LogP contribution in [0.4, 0.5) is 0 Å². The maximum absolute atomic E-state index is 4.63. The second-order valence-corrected chi connectivity index (χ2v) is 5.48. The maximum Gasteiger partial charge on any atom is 0.107 e. The molecule has 90 valence electrons. The Morgan fingerprint density at radius 3 is 3.12 bits per heavy atom. The van der Waals surface area contributed by atoms with Crippen molar-refractivity contribution in [3.8, 4) is 11.4 Å². The van der Waals surface area contributed by atoms with Gasteiger partial charge in [-0.15, -0.1) is 11.3 Å². The molecular weight excluding hydrogens is 232 g/mol. The number of nitrogens with zero attached hydrogens (tertiary/aromatic N) is 3. The Hall–Kier alpha value is -1.20. The van der Waals surface area contributed by atoms with E-state index in [1.165, 1.54) is 12.8 Å². The average molecular weight is 248 g/mol. The molecule has 0 atom stereocenters. The van der Waals surface area contributed by atoms with E-state index in [9.17, 15) is 0 Å². The van der Waals surface area contributed by atoms with E-state index in [0.717, 1.165) is 35.4 Å². The van der Waals surface area contributed by atoms with Gasteiger partial charge in [-0.3, -0.25) is 4.68 Å². The van der Waals surface area contributed by atoms with Gasteiger partial charge in [0.05, 0.1) is 11.4 Å². The van der Waals surface area contributed by atoms with Crippen LogP contribution in [-0.4, -0.2) is 21.3 Å². The van der Waals surface area contributed by atoms with Gasteiger partial charge in [0.1, 0.15) is 5.01 Å². The summed E-state index contributed by atoms with van der Waals surface area (Å²) < 4.78 is 1.86. The van der Waals surface area contributed by atoms with Crippen LogP contribution in [0.15, 0.2) is 17.6 Å². The van der Waals surface area contributed by atoms with Gasteiger partial charge in [-0.1, -0.05) is 0 Å². The SMILES string of the molecule is Cn1nccc1-c1csc(CNCC2CC2)n1. The molecule has 0 aliphatic heterocycles. The molecule has 1 aliphatic carbocycles. The Bertz CT molecular complexity index is 498. The van der Waals surface area contributed by atoms with Gasteiger partial charge in [0.15, 0.2) is 0 Å². The highest BCUT2D eigenvalue weighted by molar-refractivity contribution is 7.09. The van der Waals surface area contributed by atoms with Crippen molar-refractivity contribution in [1.29, 1.82) is 0 Å². The lowest BCUT2D eigenvalue weighted by Crippen LogP contribution is -2.15. The third-order valence-corrected chi connectivity index (χ3v) is 3.89. The van der Waals surface area contributed by atoms with E-state index in [1.54, 1.807) is 17.5 Å². The number of aromatic nitrogens is 3. The normalized spacial score (nSPS) is 15.4. The van der Waals surface area contributed by atoms with Crippen molar-refractivity contribution in [2.24, 2.45) is 13.0 Å². The molecule has 3 rings (SSSR count). The standard InChI is InChI=1S/C12H16N4S/c1-16-11(4-5-14-16)10-8-17-12(15-10)7-13-6-9-2-3-9/h4-5,8-9,13H,2-3,6-7H2,1H3. The first-order chi connectivity index (χ1) is 8.33. The Kier molecular flexibility index (Phi) is 2.94. The Balaban J connectivity index is 1.63. The number of hydrogen-bond acceptors (Lipinski definition) is 4. The van der Waals surface area contributed by atoms with E-state index in [1.807, 2.05) is 17.8 Å². The highest BCUT2D eigenvalue weighted by Gasteiger charge is 2.20. The van der Waals surface area contributed by atoms with Gasteiger partial charge in [0.2, 0.25) is 0 Å². The van der Waals surface area contributed by atoms with E-state index >= 15 is 0 Å². The highest BCUT2D eigenvalue weighted by atomic mass is 32.1. The third kappa shape index (κ3) is 2.56. The van der Waals surface area contributed by atoms with Crippen molar-refractivity contribution in [1.82, 2.24) is 20.1 Å². The van der Waals surface area contributed by atoms with Crippen molar-refractivity contribution in [3.63, 3.8) is 0 Å². The van der Waals surface area contributed by atoms with E-state index in [-0.39, 0.29) is 0 Å². The summed E-state index contributed by atoms with van der Waals surface area (Å²) in [6, 6.07) is 2.00. The molecule has 0 spiro atoms.